The van der Waals surface area contributed by atoms with E-state index in [0.717, 1.165) is 30.4 Å². The van der Waals surface area contributed by atoms with Crippen molar-refractivity contribution in [2.45, 2.75) is 0 Å². The van der Waals surface area contributed by atoms with Crippen LogP contribution < -0.4 is 9.47 Å². The highest BCUT2D eigenvalue weighted by Gasteiger charge is 2.15. The van der Waals surface area contributed by atoms with Crippen molar-refractivity contribution in [1.82, 2.24) is 0 Å². The van der Waals surface area contributed by atoms with Gasteiger partial charge in [-0.25, -0.2) is 8.78 Å². The van der Waals surface area contributed by atoms with E-state index in [4.69, 9.17) is 9.47 Å². The minimum absolute atomic E-state index is 0.0106. The van der Waals surface area contributed by atoms with Gasteiger partial charge in [0.05, 0.1) is 19.8 Å². The Labute approximate surface area is 206 Å². The van der Waals surface area contributed by atoms with Gasteiger partial charge in [-0.05, 0) is 71.3 Å². The number of phenolic OH excluding ortho intramolecular Hbond substituents is 2. The first kappa shape index (κ1) is 25.9. The molecule has 184 valence electrons. The molecule has 6 nitrogen and oxygen atoms in total. The number of hydrogen-bond acceptors (Lipinski definition) is 6. The van der Waals surface area contributed by atoms with E-state index in [1.54, 1.807) is 0 Å². The Morgan fingerprint density at radius 2 is 1.14 bits per heavy atom. The van der Waals surface area contributed by atoms with Crippen molar-refractivity contribution in [2.75, 3.05) is 14.2 Å². The zero-order valence-electron chi connectivity index (χ0n) is 19.4. The zero-order chi connectivity index (χ0) is 26.2. The predicted molar refractivity (Wildman–Crippen MR) is 132 cm³/mol. The summed E-state index contributed by atoms with van der Waals surface area (Å²) in [6.45, 7) is 0. The smallest absolute Gasteiger partial charge is 0.189 e. The third kappa shape index (κ3) is 6.66. The van der Waals surface area contributed by atoms with Gasteiger partial charge < -0.3 is 19.7 Å². The minimum Gasteiger partial charge on any atom is -0.504 e. The molecule has 0 fully saturated rings. The minimum atomic E-state index is -0.862. The summed E-state index contributed by atoms with van der Waals surface area (Å²) < 4.78 is 37.5. The van der Waals surface area contributed by atoms with Crippen molar-refractivity contribution in [2.24, 2.45) is 0 Å². The van der Waals surface area contributed by atoms with Crippen LogP contribution in [-0.4, -0.2) is 36.0 Å². The number of benzene rings is 3. The molecule has 0 heterocycles. The molecule has 0 saturated heterocycles. The standard InChI is InChI=1S/C28H22F2O6/c1-35-27-14-17(5-9-25(27)33)3-7-23(31)22(13-19-11-20(29)16-21(30)12-19)24(32)8-4-18-6-10-26(34)28(15-18)36-2/h3-16,33-34H,1-2H3/b7-3+,8-4+. The van der Waals surface area contributed by atoms with Crippen LogP contribution in [0.1, 0.15) is 16.7 Å². The second-order valence-electron chi connectivity index (χ2n) is 7.52. The molecule has 0 saturated carbocycles. The van der Waals surface area contributed by atoms with Gasteiger partial charge in [-0.2, -0.15) is 0 Å². The molecule has 2 N–H and O–H groups in total. The molecule has 0 bridgehead atoms. The number of phenols is 2. The largest absolute Gasteiger partial charge is 0.504 e. The number of rotatable bonds is 9. The van der Waals surface area contributed by atoms with E-state index >= 15 is 0 Å². The van der Waals surface area contributed by atoms with Crippen LogP contribution in [0.3, 0.4) is 0 Å². The van der Waals surface area contributed by atoms with Gasteiger partial charge in [-0.15, -0.1) is 0 Å². The number of ketones is 2. The van der Waals surface area contributed by atoms with Crippen molar-refractivity contribution in [1.29, 1.82) is 0 Å². The van der Waals surface area contributed by atoms with Crippen molar-refractivity contribution in [3.8, 4) is 23.0 Å². The summed E-state index contributed by atoms with van der Waals surface area (Å²) >= 11 is 0. The number of carbonyl (C=O) groups excluding carboxylic acids is 2. The van der Waals surface area contributed by atoms with Crippen LogP contribution in [0, 0.1) is 11.6 Å². The van der Waals surface area contributed by atoms with Gasteiger partial charge in [0.15, 0.2) is 34.6 Å². The topological polar surface area (TPSA) is 93.1 Å². The number of carbonyl (C=O) groups is 2. The average Bonchev–Trinajstić information content (AvgIpc) is 2.85. The van der Waals surface area contributed by atoms with E-state index in [-0.39, 0.29) is 34.1 Å². The van der Waals surface area contributed by atoms with Crippen LogP contribution in [-0.2, 0) is 9.59 Å². The molecule has 0 aliphatic heterocycles. The van der Waals surface area contributed by atoms with Gasteiger partial charge >= 0.3 is 0 Å². The maximum absolute atomic E-state index is 13.7. The summed E-state index contributed by atoms with van der Waals surface area (Å²) in [7, 11) is 2.75. The molecule has 3 rings (SSSR count). The highest BCUT2D eigenvalue weighted by Crippen LogP contribution is 2.28. The van der Waals surface area contributed by atoms with Crippen LogP contribution in [0.15, 0.2) is 72.3 Å². The molecule has 3 aromatic carbocycles. The fourth-order valence-electron chi connectivity index (χ4n) is 3.21. The van der Waals surface area contributed by atoms with E-state index in [1.165, 1.54) is 62.8 Å². The molecule has 0 radical (unpaired) electrons. The summed E-state index contributed by atoms with van der Waals surface area (Å²) in [5.41, 5.74) is 0.661. The molecule has 8 heteroatoms. The lowest BCUT2D eigenvalue weighted by atomic mass is 10.0. The van der Waals surface area contributed by atoms with E-state index < -0.39 is 23.2 Å². The third-order valence-electron chi connectivity index (χ3n) is 4.99. The van der Waals surface area contributed by atoms with Crippen molar-refractivity contribution in [3.05, 3.63) is 101 Å². The number of halogens is 2. The molecule has 0 spiro atoms. The molecule has 36 heavy (non-hydrogen) atoms. The molecule has 0 amide bonds. The number of allylic oxidation sites excluding steroid dienone is 3. The SMILES string of the molecule is COc1cc(/C=C/C(=O)C(=Cc2cc(F)cc(F)c2)C(=O)/C=C/c2ccc(O)c(OC)c2)ccc1O. The van der Waals surface area contributed by atoms with Gasteiger partial charge in [-0.1, -0.05) is 24.3 Å². The molecule has 0 unspecified atom stereocenters. The van der Waals surface area contributed by atoms with Gasteiger partial charge in [0.1, 0.15) is 11.6 Å². The van der Waals surface area contributed by atoms with Gasteiger partial charge in [-0.3, -0.25) is 9.59 Å². The van der Waals surface area contributed by atoms with Crippen LogP contribution in [0.4, 0.5) is 8.78 Å². The second-order valence-corrected chi connectivity index (χ2v) is 7.52. The Hall–Kier alpha value is -4.72. The number of hydrogen-bond donors (Lipinski definition) is 2. The van der Waals surface area contributed by atoms with Crippen LogP contribution in [0.2, 0.25) is 0 Å². The zero-order valence-corrected chi connectivity index (χ0v) is 19.4. The number of ether oxygens (including phenoxy) is 2. The lowest BCUT2D eigenvalue weighted by Crippen LogP contribution is -2.08. The quantitative estimate of drug-likeness (QED) is 0.238. The van der Waals surface area contributed by atoms with Crippen molar-refractivity contribution >= 4 is 29.8 Å². The maximum Gasteiger partial charge on any atom is 0.189 e. The molecule has 0 aliphatic rings. The Balaban J connectivity index is 1.96. The number of methoxy groups -OCH3 is 2. The first-order valence-corrected chi connectivity index (χ1v) is 10.6. The van der Waals surface area contributed by atoms with E-state index in [1.807, 2.05) is 0 Å². The fourth-order valence-corrected chi connectivity index (χ4v) is 3.21. The Bertz CT molecular complexity index is 1290. The summed E-state index contributed by atoms with van der Waals surface area (Å²) in [5.74, 6) is -2.94. The van der Waals surface area contributed by atoms with E-state index in [9.17, 15) is 28.6 Å². The molecular weight excluding hydrogens is 470 g/mol. The molecular formula is C28H22F2O6. The van der Waals surface area contributed by atoms with Gasteiger partial charge in [0.25, 0.3) is 0 Å². The van der Waals surface area contributed by atoms with Crippen molar-refractivity contribution < 1.29 is 38.1 Å². The first-order chi connectivity index (χ1) is 17.2. The highest BCUT2D eigenvalue weighted by atomic mass is 19.1. The first-order valence-electron chi connectivity index (χ1n) is 10.6. The predicted octanol–water partition coefficient (Wildman–Crippen LogP) is 5.34. The summed E-state index contributed by atoms with van der Waals surface area (Å²) in [4.78, 5) is 26.0. The summed E-state index contributed by atoms with van der Waals surface area (Å²) in [6.07, 6.45) is 6.17. The third-order valence-corrected chi connectivity index (χ3v) is 4.99. The summed E-state index contributed by atoms with van der Waals surface area (Å²) in [5, 5.41) is 19.4. The lowest BCUT2D eigenvalue weighted by Gasteiger charge is -2.05. The monoisotopic (exact) mass is 492 g/mol. The Morgan fingerprint density at radius 3 is 1.56 bits per heavy atom. The molecule has 3 aromatic rings. The highest BCUT2D eigenvalue weighted by molar-refractivity contribution is 6.31. The van der Waals surface area contributed by atoms with Gasteiger partial charge in [0.2, 0.25) is 0 Å². The van der Waals surface area contributed by atoms with E-state index in [2.05, 4.69) is 0 Å². The Kier molecular flexibility index (Phi) is 8.35. The second kappa shape index (κ2) is 11.6. The fraction of sp³-hybridized carbons (Fsp3) is 0.0714. The maximum atomic E-state index is 13.7. The number of aromatic hydroxyl groups is 2. The van der Waals surface area contributed by atoms with Gasteiger partial charge in [0, 0.05) is 6.07 Å². The van der Waals surface area contributed by atoms with Crippen LogP contribution in [0.25, 0.3) is 18.2 Å². The average molecular weight is 492 g/mol. The Morgan fingerprint density at radius 1 is 0.694 bits per heavy atom. The van der Waals surface area contributed by atoms with Crippen LogP contribution in [0.5, 0.6) is 23.0 Å². The molecule has 0 atom stereocenters. The molecule has 0 aliphatic carbocycles. The normalized spacial score (nSPS) is 11.0. The lowest BCUT2D eigenvalue weighted by molar-refractivity contribution is -0.116. The van der Waals surface area contributed by atoms with Crippen LogP contribution >= 0.6 is 0 Å². The molecule has 0 aromatic heterocycles. The van der Waals surface area contributed by atoms with E-state index in [0.29, 0.717) is 17.2 Å². The van der Waals surface area contributed by atoms with Crippen molar-refractivity contribution in [3.63, 3.8) is 0 Å². The summed E-state index contributed by atoms with van der Waals surface area (Å²) in [6, 6.07) is 11.5.